The first-order chi connectivity index (χ1) is 15.5. The van der Waals surface area contributed by atoms with Gasteiger partial charge in [-0.3, -0.25) is 9.59 Å². The number of methoxy groups -OCH3 is 4. The van der Waals surface area contributed by atoms with Gasteiger partial charge in [-0.25, -0.2) is 0 Å². The molecule has 0 spiro atoms. The van der Waals surface area contributed by atoms with Crippen molar-refractivity contribution >= 4 is 11.7 Å². The molecule has 1 heterocycles. The summed E-state index contributed by atoms with van der Waals surface area (Å²) in [7, 11) is 6.32. The van der Waals surface area contributed by atoms with E-state index >= 15 is 0 Å². The summed E-state index contributed by atoms with van der Waals surface area (Å²) in [6, 6.07) is 11.2. The van der Waals surface area contributed by atoms with Gasteiger partial charge >= 0.3 is 0 Å². The fraction of sp³-hybridized carbons (Fsp3) is 0.360. The van der Waals surface area contributed by atoms with Gasteiger partial charge in [-0.2, -0.15) is 0 Å². The van der Waals surface area contributed by atoms with Crippen LogP contribution in [0.4, 0.5) is 0 Å². The molecular weight excluding hydrogens is 410 g/mol. The van der Waals surface area contributed by atoms with Crippen molar-refractivity contribution in [3.63, 3.8) is 0 Å². The number of hydrogen-bond donors (Lipinski definition) is 1. The largest absolute Gasteiger partial charge is 0.493 e. The molecule has 0 unspecified atom stereocenters. The smallest absolute Gasteiger partial charge is 0.225 e. The highest BCUT2D eigenvalue weighted by atomic mass is 16.5. The van der Waals surface area contributed by atoms with E-state index in [1.54, 1.807) is 34.5 Å². The molecule has 4 rings (SSSR count). The molecule has 1 N–H and O–H groups in total. The highest BCUT2D eigenvalue weighted by Crippen LogP contribution is 2.45. The van der Waals surface area contributed by atoms with Crippen LogP contribution in [0.25, 0.3) is 0 Å². The zero-order valence-electron chi connectivity index (χ0n) is 18.7. The number of benzene rings is 2. The highest BCUT2D eigenvalue weighted by molar-refractivity contribution is 6.02. The Kier molecular flexibility index (Phi) is 6.08. The molecule has 1 aliphatic heterocycles. The van der Waals surface area contributed by atoms with E-state index in [1.807, 2.05) is 30.3 Å². The maximum atomic E-state index is 13.3. The molecule has 1 amide bonds. The van der Waals surface area contributed by atoms with Gasteiger partial charge in [0.15, 0.2) is 28.8 Å². The van der Waals surface area contributed by atoms with E-state index in [-0.39, 0.29) is 29.9 Å². The van der Waals surface area contributed by atoms with E-state index in [1.165, 1.54) is 0 Å². The number of allylic oxidation sites excluding steroid dienone is 2. The molecule has 0 bridgehead atoms. The lowest BCUT2D eigenvalue weighted by Crippen LogP contribution is -2.38. The molecule has 2 atom stereocenters. The second kappa shape index (κ2) is 8.94. The van der Waals surface area contributed by atoms with Crippen molar-refractivity contribution in [1.82, 2.24) is 5.32 Å². The number of carbonyl (C=O) groups excluding carboxylic acids is 2. The normalized spacial score (nSPS) is 20.4. The van der Waals surface area contributed by atoms with Gasteiger partial charge in [-0.15, -0.1) is 0 Å². The van der Waals surface area contributed by atoms with E-state index in [9.17, 15) is 9.59 Å². The second-order valence-corrected chi connectivity index (χ2v) is 7.95. The summed E-state index contributed by atoms with van der Waals surface area (Å²) >= 11 is 0. The van der Waals surface area contributed by atoms with Crippen LogP contribution in [0, 0.1) is 0 Å². The van der Waals surface area contributed by atoms with Gasteiger partial charge in [0.2, 0.25) is 5.91 Å². The van der Waals surface area contributed by atoms with E-state index in [4.69, 9.17) is 18.9 Å². The lowest BCUT2D eigenvalue weighted by Gasteiger charge is -2.34. The first-order valence-electron chi connectivity index (χ1n) is 10.5. The van der Waals surface area contributed by atoms with Crippen molar-refractivity contribution in [1.29, 1.82) is 0 Å². The Morgan fingerprint density at radius 3 is 1.88 bits per heavy atom. The zero-order valence-corrected chi connectivity index (χ0v) is 18.7. The summed E-state index contributed by atoms with van der Waals surface area (Å²) in [4.78, 5) is 25.9. The van der Waals surface area contributed by atoms with Crippen molar-refractivity contribution < 1.29 is 28.5 Å². The summed E-state index contributed by atoms with van der Waals surface area (Å²) in [5.41, 5.74) is 3.23. The molecule has 2 aromatic rings. The minimum Gasteiger partial charge on any atom is -0.493 e. The van der Waals surface area contributed by atoms with Crippen LogP contribution in [0.2, 0.25) is 0 Å². The Morgan fingerprint density at radius 1 is 0.719 bits per heavy atom. The minimum atomic E-state index is -0.308. The number of nitrogens with one attached hydrogen (secondary N) is 1. The average Bonchev–Trinajstić information content (AvgIpc) is 2.82. The number of ether oxygens (including phenoxy) is 4. The average molecular weight is 437 g/mol. The molecule has 32 heavy (non-hydrogen) atoms. The van der Waals surface area contributed by atoms with Crippen LogP contribution in [0.5, 0.6) is 23.0 Å². The molecule has 7 heteroatoms. The summed E-state index contributed by atoms with van der Waals surface area (Å²) in [5.74, 6) is 2.03. The fourth-order valence-corrected chi connectivity index (χ4v) is 4.66. The lowest BCUT2D eigenvalue weighted by atomic mass is 9.73. The van der Waals surface area contributed by atoms with Crippen molar-refractivity contribution in [2.45, 2.75) is 31.1 Å². The second-order valence-electron chi connectivity index (χ2n) is 7.95. The van der Waals surface area contributed by atoms with Crippen LogP contribution >= 0.6 is 0 Å². The third-order valence-corrected chi connectivity index (χ3v) is 6.23. The van der Waals surface area contributed by atoms with Crippen LogP contribution in [0.3, 0.4) is 0 Å². The SMILES string of the molecule is COc1ccc([C@H]2CC(=O)C3=C(C2)NC(=O)C[C@@H]3c2ccc(OC)c(OC)c2)cc1OC. The molecule has 168 valence electrons. The topological polar surface area (TPSA) is 83.1 Å². The number of hydrogen-bond acceptors (Lipinski definition) is 6. The first kappa shape index (κ1) is 21.7. The molecule has 0 fully saturated rings. The Hall–Kier alpha value is -3.48. The third-order valence-electron chi connectivity index (χ3n) is 6.23. The third kappa shape index (κ3) is 3.90. The van der Waals surface area contributed by atoms with Crippen LogP contribution < -0.4 is 24.3 Å². The molecule has 7 nitrogen and oxygen atoms in total. The maximum Gasteiger partial charge on any atom is 0.225 e. The van der Waals surface area contributed by atoms with Crippen LogP contribution in [-0.4, -0.2) is 40.1 Å². The van der Waals surface area contributed by atoms with E-state index < -0.39 is 0 Å². The predicted molar refractivity (Wildman–Crippen MR) is 119 cm³/mol. The Morgan fingerprint density at radius 2 is 1.28 bits per heavy atom. The minimum absolute atomic E-state index is 0.0471. The number of ketones is 1. The summed E-state index contributed by atoms with van der Waals surface area (Å²) in [5, 5.41) is 2.96. The van der Waals surface area contributed by atoms with Gasteiger partial charge in [0.25, 0.3) is 0 Å². The Bertz CT molecular complexity index is 1090. The predicted octanol–water partition coefficient (Wildman–Crippen LogP) is 3.73. The number of rotatable bonds is 6. The Labute approximate surface area is 187 Å². The van der Waals surface area contributed by atoms with Gasteiger partial charge in [0.05, 0.1) is 28.4 Å². The molecule has 0 saturated heterocycles. The molecule has 2 aromatic carbocycles. The van der Waals surface area contributed by atoms with E-state index in [2.05, 4.69) is 5.32 Å². The van der Waals surface area contributed by atoms with Gasteiger partial charge in [0, 0.05) is 30.0 Å². The van der Waals surface area contributed by atoms with Crippen molar-refractivity contribution in [3.05, 3.63) is 58.8 Å². The number of carbonyl (C=O) groups is 2. The number of Topliss-reactive ketones (excluding diaryl/α,β-unsaturated/α-hetero) is 1. The molecule has 2 aliphatic rings. The van der Waals surface area contributed by atoms with Gasteiger partial charge < -0.3 is 24.3 Å². The Balaban J connectivity index is 1.69. The highest BCUT2D eigenvalue weighted by Gasteiger charge is 2.38. The number of amides is 1. The van der Waals surface area contributed by atoms with Crippen molar-refractivity contribution in [3.8, 4) is 23.0 Å². The monoisotopic (exact) mass is 437 g/mol. The van der Waals surface area contributed by atoms with Gasteiger partial charge in [0.1, 0.15) is 0 Å². The quantitative estimate of drug-likeness (QED) is 0.742. The maximum absolute atomic E-state index is 13.3. The fourth-order valence-electron chi connectivity index (χ4n) is 4.66. The first-order valence-corrected chi connectivity index (χ1v) is 10.5. The van der Waals surface area contributed by atoms with E-state index in [0.29, 0.717) is 47.1 Å². The van der Waals surface area contributed by atoms with Gasteiger partial charge in [-0.05, 0) is 47.7 Å². The van der Waals surface area contributed by atoms with Crippen molar-refractivity contribution in [2.24, 2.45) is 0 Å². The standard InChI is InChI=1S/C25H27NO6/c1-29-20-7-5-14(11-22(20)31-3)16-9-18-25(19(27)10-16)17(13-24(28)26-18)15-6-8-21(30-2)23(12-15)32-4/h5-8,11-12,16-17H,9-10,13H2,1-4H3,(H,26,28)/t16-,17-/m1/s1. The zero-order chi connectivity index (χ0) is 22.8. The molecular formula is C25H27NO6. The lowest BCUT2D eigenvalue weighted by molar-refractivity contribution is -0.122. The van der Waals surface area contributed by atoms with Crippen molar-refractivity contribution in [2.75, 3.05) is 28.4 Å². The molecule has 0 radical (unpaired) electrons. The van der Waals surface area contributed by atoms with E-state index in [0.717, 1.165) is 11.1 Å². The van der Waals surface area contributed by atoms with Crippen LogP contribution in [-0.2, 0) is 9.59 Å². The molecule has 1 aliphatic carbocycles. The summed E-state index contributed by atoms with van der Waals surface area (Å²) in [6.07, 6.45) is 1.17. The molecule has 0 aromatic heterocycles. The van der Waals surface area contributed by atoms with Crippen LogP contribution in [0.1, 0.15) is 42.2 Å². The summed E-state index contributed by atoms with van der Waals surface area (Å²) in [6.45, 7) is 0. The summed E-state index contributed by atoms with van der Waals surface area (Å²) < 4.78 is 21.5. The molecule has 0 saturated carbocycles. The van der Waals surface area contributed by atoms with Gasteiger partial charge in [-0.1, -0.05) is 12.1 Å². The van der Waals surface area contributed by atoms with Crippen LogP contribution in [0.15, 0.2) is 47.7 Å².